The Kier molecular flexibility index (Phi) is 7.35. The predicted octanol–water partition coefficient (Wildman–Crippen LogP) is 4.64. The number of rotatable bonds is 8. The first kappa shape index (κ1) is 21.9. The molecule has 154 valence electrons. The van der Waals surface area contributed by atoms with E-state index in [9.17, 15) is 23.1 Å². The largest absolute Gasteiger partial charge is 0.476 e. The summed E-state index contributed by atoms with van der Waals surface area (Å²) in [6.07, 6.45) is -4.32. The number of hydrogen-bond acceptors (Lipinski definition) is 5. The van der Waals surface area contributed by atoms with Crippen LogP contribution in [0, 0.1) is 0 Å². The number of carbonyl (C=O) groups is 1. The van der Waals surface area contributed by atoms with Crippen LogP contribution in [0.5, 0.6) is 0 Å². The van der Waals surface area contributed by atoms with Crippen LogP contribution in [-0.2, 0) is 20.6 Å². The van der Waals surface area contributed by atoms with Gasteiger partial charge in [-0.25, -0.2) is 4.79 Å². The second-order valence-electron chi connectivity index (χ2n) is 5.72. The summed E-state index contributed by atoms with van der Waals surface area (Å²) in [5.74, 6) is -1.35. The number of hydrogen-bond donors (Lipinski definition) is 1. The van der Waals surface area contributed by atoms with E-state index < -0.39 is 29.5 Å². The minimum absolute atomic E-state index is 0.141. The maximum atomic E-state index is 13.2. The summed E-state index contributed by atoms with van der Waals surface area (Å²) in [5, 5.41) is 16.9. The molecule has 0 fully saturated rings. The number of aliphatic carboxylic acids is 1. The van der Waals surface area contributed by atoms with E-state index >= 15 is 0 Å². The van der Waals surface area contributed by atoms with Crippen LogP contribution in [0.4, 0.5) is 13.2 Å². The smallest absolute Gasteiger partial charge is 0.416 e. The molecular weight excluding hydrogens is 389 g/mol. The van der Waals surface area contributed by atoms with Gasteiger partial charge in [0, 0.05) is 22.9 Å². The zero-order valence-corrected chi connectivity index (χ0v) is 15.7. The SMILES string of the molecule is CC=NOC(c1cccc(C(F)(F)F)c1)c1ccccc1C(=NOCC)C(=O)O. The van der Waals surface area contributed by atoms with Crippen molar-refractivity contribution < 1.29 is 32.7 Å². The first-order valence-electron chi connectivity index (χ1n) is 8.63. The van der Waals surface area contributed by atoms with Crippen LogP contribution in [0.15, 0.2) is 58.8 Å². The van der Waals surface area contributed by atoms with Crippen molar-refractivity contribution in [2.75, 3.05) is 6.61 Å². The topological polar surface area (TPSA) is 80.5 Å². The number of carboxylic acid groups (broad SMARTS) is 1. The standard InChI is InChI=1S/C20H19F3N2O4/c1-3-24-29-18(13-8-7-9-14(12-13)20(21,22)23)16-11-6-5-10-15(16)17(19(26)27)25-28-4-2/h3,5-12,18H,4H2,1-2H3,(H,26,27). The van der Waals surface area contributed by atoms with E-state index in [-0.39, 0.29) is 23.3 Å². The molecule has 29 heavy (non-hydrogen) atoms. The van der Waals surface area contributed by atoms with Crippen molar-refractivity contribution in [1.29, 1.82) is 0 Å². The van der Waals surface area contributed by atoms with Crippen molar-refractivity contribution >= 4 is 17.9 Å². The summed E-state index contributed by atoms with van der Waals surface area (Å²) in [7, 11) is 0. The summed E-state index contributed by atoms with van der Waals surface area (Å²) < 4.78 is 39.5. The van der Waals surface area contributed by atoms with Crippen molar-refractivity contribution in [2.45, 2.75) is 26.1 Å². The number of carboxylic acids is 1. The van der Waals surface area contributed by atoms with Crippen LogP contribution >= 0.6 is 0 Å². The molecule has 0 aliphatic rings. The Hall–Kier alpha value is -3.36. The van der Waals surface area contributed by atoms with Crippen molar-refractivity contribution in [3.8, 4) is 0 Å². The molecule has 0 saturated heterocycles. The number of nitrogens with zero attached hydrogens (tertiary/aromatic N) is 2. The van der Waals surface area contributed by atoms with Gasteiger partial charge in [0.15, 0.2) is 11.8 Å². The molecule has 1 N–H and O–H groups in total. The highest BCUT2D eigenvalue weighted by Crippen LogP contribution is 2.34. The molecular formula is C20H19F3N2O4. The molecule has 9 heteroatoms. The van der Waals surface area contributed by atoms with Crippen LogP contribution in [0.2, 0.25) is 0 Å². The third-order valence-electron chi connectivity index (χ3n) is 3.77. The van der Waals surface area contributed by atoms with Gasteiger partial charge in [-0.05, 0) is 26.0 Å². The molecule has 0 saturated carbocycles. The molecule has 1 atom stereocenters. The van der Waals surface area contributed by atoms with E-state index in [0.29, 0.717) is 0 Å². The monoisotopic (exact) mass is 408 g/mol. The molecule has 2 rings (SSSR count). The Morgan fingerprint density at radius 2 is 1.93 bits per heavy atom. The van der Waals surface area contributed by atoms with Gasteiger partial charge in [-0.15, -0.1) is 0 Å². The van der Waals surface area contributed by atoms with Crippen LogP contribution in [0.3, 0.4) is 0 Å². The summed E-state index contributed by atoms with van der Waals surface area (Å²) in [6.45, 7) is 3.36. The van der Waals surface area contributed by atoms with E-state index in [1.807, 2.05) is 0 Å². The number of halogens is 3. The van der Waals surface area contributed by atoms with Gasteiger partial charge < -0.3 is 14.8 Å². The predicted molar refractivity (Wildman–Crippen MR) is 101 cm³/mol. The second kappa shape index (κ2) is 9.72. The Morgan fingerprint density at radius 3 is 2.55 bits per heavy atom. The van der Waals surface area contributed by atoms with Crippen LogP contribution < -0.4 is 0 Å². The molecule has 6 nitrogen and oxygen atoms in total. The minimum Gasteiger partial charge on any atom is -0.476 e. The number of alkyl halides is 3. The fourth-order valence-electron chi connectivity index (χ4n) is 2.57. The fraction of sp³-hybridized carbons (Fsp3) is 0.250. The Bertz CT molecular complexity index is 911. The van der Waals surface area contributed by atoms with Crippen molar-refractivity contribution in [3.63, 3.8) is 0 Å². The average molecular weight is 408 g/mol. The molecule has 0 aromatic heterocycles. The third kappa shape index (κ3) is 5.56. The normalized spacial score (nSPS) is 13.3. The molecule has 0 amide bonds. The zero-order chi connectivity index (χ0) is 21.4. The molecule has 0 aliphatic heterocycles. The lowest BCUT2D eigenvalue weighted by atomic mass is 9.93. The molecule has 2 aromatic carbocycles. The van der Waals surface area contributed by atoms with E-state index in [4.69, 9.17) is 9.68 Å². The minimum atomic E-state index is -4.54. The number of benzene rings is 2. The van der Waals surface area contributed by atoms with Gasteiger partial charge in [-0.1, -0.05) is 46.7 Å². The highest BCUT2D eigenvalue weighted by molar-refractivity contribution is 6.42. The maximum Gasteiger partial charge on any atom is 0.416 e. The van der Waals surface area contributed by atoms with E-state index in [1.54, 1.807) is 26.0 Å². The summed E-state index contributed by atoms with van der Waals surface area (Å²) in [6, 6.07) is 10.8. The Morgan fingerprint density at radius 1 is 1.21 bits per heavy atom. The number of oxime groups is 2. The summed E-state index contributed by atoms with van der Waals surface area (Å²) >= 11 is 0. The average Bonchev–Trinajstić information content (AvgIpc) is 2.69. The lowest BCUT2D eigenvalue weighted by molar-refractivity contribution is -0.137. The van der Waals surface area contributed by atoms with Gasteiger partial charge in [0.1, 0.15) is 6.61 Å². The van der Waals surface area contributed by atoms with Crippen LogP contribution in [0.1, 0.15) is 42.2 Å². The molecule has 0 aliphatic carbocycles. The Balaban J connectivity index is 2.65. The first-order valence-corrected chi connectivity index (χ1v) is 8.63. The first-order chi connectivity index (χ1) is 13.8. The van der Waals surface area contributed by atoms with Gasteiger partial charge in [0.05, 0.1) is 5.56 Å². The van der Waals surface area contributed by atoms with E-state index in [0.717, 1.165) is 12.1 Å². The maximum absolute atomic E-state index is 13.2. The summed E-state index contributed by atoms with van der Waals surface area (Å²) in [4.78, 5) is 22.0. The van der Waals surface area contributed by atoms with Crippen LogP contribution in [-0.4, -0.2) is 29.6 Å². The van der Waals surface area contributed by atoms with Gasteiger partial charge in [-0.3, -0.25) is 0 Å². The molecule has 2 aromatic rings. The van der Waals surface area contributed by atoms with Crippen molar-refractivity contribution in [1.82, 2.24) is 0 Å². The fourth-order valence-corrected chi connectivity index (χ4v) is 2.57. The highest BCUT2D eigenvalue weighted by atomic mass is 19.4. The van der Waals surface area contributed by atoms with Crippen molar-refractivity contribution in [2.24, 2.45) is 10.3 Å². The molecule has 0 spiro atoms. The van der Waals surface area contributed by atoms with Gasteiger partial charge in [-0.2, -0.15) is 13.2 Å². The molecule has 0 heterocycles. The zero-order valence-electron chi connectivity index (χ0n) is 15.7. The third-order valence-corrected chi connectivity index (χ3v) is 3.77. The quantitative estimate of drug-likeness (QED) is 0.510. The second-order valence-corrected chi connectivity index (χ2v) is 5.72. The van der Waals surface area contributed by atoms with Crippen molar-refractivity contribution in [3.05, 3.63) is 70.8 Å². The lowest BCUT2D eigenvalue weighted by Crippen LogP contribution is -2.19. The van der Waals surface area contributed by atoms with E-state index in [1.165, 1.54) is 30.5 Å². The van der Waals surface area contributed by atoms with Gasteiger partial charge >= 0.3 is 12.1 Å². The lowest BCUT2D eigenvalue weighted by Gasteiger charge is -2.20. The van der Waals surface area contributed by atoms with Gasteiger partial charge in [0.2, 0.25) is 0 Å². The molecule has 1 unspecified atom stereocenters. The Labute approximate surface area is 165 Å². The highest BCUT2D eigenvalue weighted by Gasteiger charge is 2.32. The molecule has 0 radical (unpaired) electrons. The van der Waals surface area contributed by atoms with Gasteiger partial charge in [0.25, 0.3) is 0 Å². The van der Waals surface area contributed by atoms with Crippen LogP contribution in [0.25, 0.3) is 0 Å². The van der Waals surface area contributed by atoms with E-state index in [2.05, 4.69) is 10.3 Å². The molecule has 0 bridgehead atoms. The summed E-state index contributed by atoms with van der Waals surface area (Å²) in [5.41, 5.74) is -0.689.